The zero-order valence-corrected chi connectivity index (χ0v) is 16.2. The summed E-state index contributed by atoms with van der Waals surface area (Å²) in [7, 11) is 0. The Bertz CT molecular complexity index is 1060. The Morgan fingerprint density at radius 2 is 2.11 bits per heavy atom. The lowest BCUT2D eigenvalue weighted by molar-refractivity contribution is 0.100. The number of halogens is 1. The number of carbonyl (C=O) groups excluding carboxylic acids is 1. The highest BCUT2D eigenvalue weighted by Crippen LogP contribution is 2.44. The molecule has 0 radical (unpaired) electrons. The van der Waals surface area contributed by atoms with Crippen molar-refractivity contribution in [1.29, 1.82) is 0 Å². The zero-order valence-electron chi connectivity index (χ0n) is 16.2. The van der Waals surface area contributed by atoms with Crippen LogP contribution in [0.1, 0.15) is 44.0 Å². The van der Waals surface area contributed by atoms with Crippen LogP contribution < -0.4 is 11.1 Å². The van der Waals surface area contributed by atoms with Crippen molar-refractivity contribution >= 4 is 17.1 Å². The fourth-order valence-corrected chi connectivity index (χ4v) is 4.07. The van der Waals surface area contributed by atoms with Crippen LogP contribution in [-0.2, 0) is 0 Å². The van der Waals surface area contributed by atoms with E-state index >= 15 is 0 Å². The Morgan fingerprint density at radius 1 is 1.32 bits per heavy atom. The highest BCUT2D eigenvalue weighted by atomic mass is 19.1. The van der Waals surface area contributed by atoms with Crippen LogP contribution in [0.2, 0.25) is 0 Å². The molecule has 1 unspecified atom stereocenters. The molecule has 7 heteroatoms. The van der Waals surface area contributed by atoms with E-state index < -0.39 is 11.9 Å². The molecule has 3 aromatic rings. The molecular weight excluding hydrogens is 357 g/mol. The lowest BCUT2D eigenvalue weighted by atomic mass is 9.80. The first-order chi connectivity index (χ1) is 13.3. The molecule has 3 N–H and O–H groups in total. The molecule has 0 saturated heterocycles. The topological polar surface area (TPSA) is 85.3 Å². The number of nitrogens with zero attached hydrogens (tertiary/aromatic N) is 3. The molecule has 0 spiro atoms. The van der Waals surface area contributed by atoms with Crippen LogP contribution in [0.4, 0.5) is 10.1 Å². The van der Waals surface area contributed by atoms with Crippen molar-refractivity contribution in [2.24, 2.45) is 17.1 Å². The molecule has 3 aromatic heterocycles. The summed E-state index contributed by atoms with van der Waals surface area (Å²) >= 11 is 0. The monoisotopic (exact) mass is 381 g/mol. The van der Waals surface area contributed by atoms with E-state index in [0.717, 1.165) is 23.9 Å². The van der Waals surface area contributed by atoms with Gasteiger partial charge < -0.3 is 11.1 Å². The van der Waals surface area contributed by atoms with Crippen molar-refractivity contribution in [3.8, 4) is 11.1 Å². The number of anilines is 1. The van der Waals surface area contributed by atoms with Crippen LogP contribution in [0, 0.1) is 17.3 Å². The molecule has 146 valence electrons. The minimum atomic E-state index is -0.543. The predicted molar refractivity (Wildman–Crippen MR) is 106 cm³/mol. The van der Waals surface area contributed by atoms with Gasteiger partial charge in [-0.3, -0.25) is 4.79 Å². The van der Waals surface area contributed by atoms with Crippen molar-refractivity contribution in [3.05, 3.63) is 48.3 Å². The normalized spacial score (nSPS) is 21.1. The van der Waals surface area contributed by atoms with Gasteiger partial charge >= 0.3 is 0 Å². The van der Waals surface area contributed by atoms with E-state index in [4.69, 9.17) is 5.73 Å². The van der Waals surface area contributed by atoms with E-state index in [2.05, 4.69) is 36.2 Å². The number of fused-ring (bicyclic) bond motifs is 1. The van der Waals surface area contributed by atoms with Gasteiger partial charge in [-0.15, -0.1) is 0 Å². The number of hydrogen-bond donors (Lipinski definition) is 2. The van der Waals surface area contributed by atoms with Gasteiger partial charge in [-0.25, -0.2) is 9.50 Å². The Labute approximate surface area is 163 Å². The summed E-state index contributed by atoms with van der Waals surface area (Å²) in [6, 6.07) is 5.21. The third-order valence-corrected chi connectivity index (χ3v) is 6.34. The molecule has 1 aliphatic rings. The highest BCUT2D eigenvalue weighted by molar-refractivity contribution is 6.02. The summed E-state index contributed by atoms with van der Waals surface area (Å²) in [5.41, 5.74) is 8.96. The average molecular weight is 381 g/mol. The molecule has 3 heterocycles. The standard InChI is InChI=1S/C21H24FN5O/c1-12-4-5-17(21(12,2)3)26-19-15(20(23)28)10-25-27-11-14(8-16(19)27)13-6-7-24-18(22)9-13/h6-12,17,26H,4-5H2,1-3H3,(H2,23,28)/t12?,17-/m1/s1. The van der Waals surface area contributed by atoms with Gasteiger partial charge in [-0.1, -0.05) is 20.8 Å². The molecule has 28 heavy (non-hydrogen) atoms. The number of pyridine rings is 1. The fraction of sp³-hybridized carbons (Fsp3) is 0.381. The van der Waals surface area contributed by atoms with Crippen molar-refractivity contribution in [3.63, 3.8) is 0 Å². The summed E-state index contributed by atoms with van der Waals surface area (Å²) < 4.78 is 15.2. The van der Waals surface area contributed by atoms with Crippen molar-refractivity contribution in [1.82, 2.24) is 14.6 Å². The molecule has 1 amide bonds. The summed E-state index contributed by atoms with van der Waals surface area (Å²) in [4.78, 5) is 15.7. The van der Waals surface area contributed by atoms with E-state index in [1.165, 1.54) is 18.5 Å². The van der Waals surface area contributed by atoms with Gasteiger partial charge in [0, 0.05) is 30.1 Å². The van der Waals surface area contributed by atoms with Crippen LogP contribution in [0.5, 0.6) is 0 Å². The molecule has 1 fully saturated rings. The van der Waals surface area contributed by atoms with Crippen LogP contribution in [0.25, 0.3) is 16.6 Å². The molecule has 1 aliphatic carbocycles. The Balaban J connectivity index is 1.83. The largest absolute Gasteiger partial charge is 0.379 e. The number of carbonyl (C=O) groups is 1. The summed E-state index contributed by atoms with van der Waals surface area (Å²) in [6.07, 6.45) is 6.86. The van der Waals surface area contributed by atoms with Crippen molar-refractivity contribution in [2.75, 3.05) is 5.32 Å². The van der Waals surface area contributed by atoms with Gasteiger partial charge in [0.15, 0.2) is 0 Å². The molecule has 2 atom stereocenters. The first-order valence-corrected chi connectivity index (χ1v) is 9.47. The quantitative estimate of drug-likeness (QED) is 0.672. The van der Waals surface area contributed by atoms with Gasteiger partial charge in [0.2, 0.25) is 5.95 Å². The van der Waals surface area contributed by atoms with Gasteiger partial charge in [0.05, 0.1) is 23.0 Å². The zero-order chi connectivity index (χ0) is 20.1. The molecule has 6 nitrogen and oxygen atoms in total. The highest BCUT2D eigenvalue weighted by Gasteiger charge is 2.41. The SMILES string of the molecule is CC1CC[C@@H](Nc2c(C(N)=O)cnn3cc(-c4ccnc(F)c4)cc23)C1(C)C. The fourth-order valence-electron chi connectivity index (χ4n) is 4.07. The van der Waals surface area contributed by atoms with E-state index in [9.17, 15) is 9.18 Å². The van der Waals surface area contributed by atoms with Gasteiger partial charge in [0.25, 0.3) is 5.91 Å². The smallest absolute Gasteiger partial charge is 0.252 e. The maximum Gasteiger partial charge on any atom is 0.252 e. The van der Waals surface area contributed by atoms with Crippen LogP contribution in [0.3, 0.4) is 0 Å². The number of rotatable bonds is 4. The molecule has 1 saturated carbocycles. The summed E-state index contributed by atoms with van der Waals surface area (Å²) in [5, 5.41) is 7.91. The maximum atomic E-state index is 13.5. The van der Waals surface area contributed by atoms with Gasteiger partial charge in [-0.05, 0) is 41.9 Å². The summed E-state index contributed by atoms with van der Waals surface area (Å²) in [6.45, 7) is 6.74. The average Bonchev–Trinajstić information content (AvgIpc) is 3.18. The first kappa shape index (κ1) is 18.4. The molecule has 0 aliphatic heterocycles. The lowest BCUT2D eigenvalue weighted by Crippen LogP contribution is -2.35. The number of nitrogens with one attached hydrogen (secondary N) is 1. The number of nitrogens with two attached hydrogens (primary N) is 1. The third-order valence-electron chi connectivity index (χ3n) is 6.34. The molecule has 0 bridgehead atoms. The number of amides is 1. The maximum absolute atomic E-state index is 13.5. The molecular formula is C21H24FN5O. The van der Waals surface area contributed by atoms with Crippen molar-refractivity contribution < 1.29 is 9.18 Å². The van der Waals surface area contributed by atoms with Crippen LogP contribution in [0.15, 0.2) is 36.8 Å². The molecule has 0 aromatic carbocycles. The second-order valence-corrected chi connectivity index (χ2v) is 8.22. The first-order valence-electron chi connectivity index (χ1n) is 9.47. The summed E-state index contributed by atoms with van der Waals surface area (Å²) in [5.74, 6) is -0.500. The third kappa shape index (κ3) is 3.00. The van der Waals surface area contributed by atoms with Crippen LogP contribution >= 0.6 is 0 Å². The number of aromatic nitrogens is 3. The number of primary amides is 1. The number of hydrogen-bond acceptors (Lipinski definition) is 4. The minimum Gasteiger partial charge on any atom is -0.379 e. The van der Waals surface area contributed by atoms with Crippen LogP contribution in [-0.4, -0.2) is 26.5 Å². The van der Waals surface area contributed by atoms with E-state index in [-0.39, 0.29) is 11.5 Å². The molecule has 4 rings (SSSR count). The lowest BCUT2D eigenvalue weighted by Gasteiger charge is -2.33. The van der Waals surface area contributed by atoms with E-state index in [1.54, 1.807) is 10.6 Å². The van der Waals surface area contributed by atoms with E-state index in [1.807, 2.05) is 12.3 Å². The van der Waals surface area contributed by atoms with Crippen molar-refractivity contribution in [2.45, 2.75) is 39.7 Å². The minimum absolute atomic E-state index is 0.0822. The Kier molecular flexibility index (Phi) is 4.33. The van der Waals surface area contributed by atoms with Gasteiger partial charge in [-0.2, -0.15) is 9.49 Å². The van der Waals surface area contributed by atoms with E-state index in [0.29, 0.717) is 22.7 Å². The second kappa shape index (κ2) is 6.58. The Hall–Kier alpha value is -2.96. The second-order valence-electron chi connectivity index (χ2n) is 8.22. The van der Waals surface area contributed by atoms with Gasteiger partial charge in [0.1, 0.15) is 0 Å². The Morgan fingerprint density at radius 3 is 2.75 bits per heavy atom. The predicted octanol–water partition coefficient (Wildman–Crippen LogP) is 3.87.